The van der Waals surface area contributed by atoms with Crippen LogP contribution in [0.4, 0.5) is 5.69 Å². The van der Waals surface area contributed by atoms with E-state index in [-0.39, 0.29) is 6.61 Å². The van der Waals surface area contributed by atoms with Gasteiger partial charge in [-0.25, -0.2) is 4.79 Å². The van der Waals surface area contributed by atoms with Crippen LogP contribution in [0.5, 0.6) is 5.75 Å². The van der Waals surface area contributed by atoms with Gasteiger partial charge in [0.05, 0.1) is 17.7 Å². The van der Waals surface area contributed by atoms with Gasteiger partial charge in [0, 0.05) is 15.7 Å². The van der Waals surface area contributed by atoms with E-state index in [1.165, 1.54) is 7.11 Å². The van der Waals surface area contributed by atoms with Crippen LogP contribution < -0.4 is 10.5 Å². The molecule has 0 heterocycles. The summed E-state index contributed by atoms with van der Waals surface area (Å²) in [6.07, 6.45) is 0. The van der Waals surface area contributed by atoms with Gasteiger partial charge in [0.2, 0.25) is 0 Å². The largest absolute Gasteiger partial charge is 0.487 e. The van der Waals surface area contributed by atoms with Crippen LogP contribution >= 0.6 is 27.5 Å². The first-order valence-corrected chi connectivity index (χ1v) is 7.23. The van der Waals surface area contributed by atoms with E-state index in [1.807, 2.05) is 6.07 Å². The first-order chi connectivity index (χ1) is 10.0. The van der Waals surface area contributed by atoms with Crippen LogP contribution in [0.1, 0.15) is 15.9 Å². The van der Waals surface area contributed by atoms with Crippen LogP contribution in [0.15, 0.2) is 40.9 Å². The fraction of sp³-hybridized carbons (Fsp3) is 0.133. The van der Waals surface area contributed by atoms with E-state index in [1.54, 1.807) is 30.3 Å². The zero-order valence-corrected chi connectivity index (χ0v) is 13.6. The normalized spacial score (nSPS) is 10.2. The molecule has 2 rings (SSSR count). The SMILES string of the molecule is COC(=O)c1c(N)cccc1COc1cc(Br)ccc1Cl. The Kier molecular flexibility index (Phi) is 5.09. The Morgan fingerprint density at radius 3 is 2.81 bits per heavy atom. The molecule has 6 heteroatoms. The molecule has 0 fully saturated rings. The molecule has 0 aliphatic rings. The molecule has 0 saturated carbocycles. The van der Waals surface area contributed by atoms with Crippen LogP contribution in [-0.2, 0) is 11.3 Å². The Bertz CT molecular complexity index is 676. The number of carbonyl (C=O) groups excluding carboxylic acids is 1. The molecule has 0 amide bonds. The highest BCUT2D eigenvalue weighted by Gasteiger charge is 2.16. The van der Waals surface area contributed by atoms with Crippen molar-refractivity contribution in [3.8, 4) is 5.75 Å². The number of esters is 1. The maximum absolute atomic E-state index is 11.8. The zero-order valence-electron chi connectivity index (χ0n) is 11.2. The van der Waals surface area contributed by atoms with Crippen molar-refractivity contribution in [3.63, 3.8) is 0 Å². The van der Waals surface area contributed by atoms with Crippen LogP contribution in [0.25, 0.3) is 0 Å². The smallest absolute Gasteiger partial charge is 0.340 e. The molecule has 110 valence electrons. The van der Waals surface area contributed by atoms with Gasteiger partial charge in [0.15, 0.2) is 0 Å². The summed E-state index contributed by atoms with van der Waals surface area (Å²) in [5.74, 6) is 0.0244. The van der Waals surface area contributed by atoms with Crippen LogP contribution in [0, 0.1) is 0 Å². The molecule has 0 aliphatic heterocycles. The molecule has 0 spiro atoms. The predicted molar refractivity (Wildman–Crippen MR) is 85.7 cm³/mol. The first-order valence-electron chi connectivity index (χ1n) is 6.06. The van der Waals surface area contributed by atoms with Gasteiger partial charge in [-0.05, 0) is 24.3 Å². The second-order valence-corrected chi connectivity index (χ2v) is 5.56. The van der Waals surface area contributed by atoms with Crippen LogP contribution in [-0.4, -0.2) is 13.1 Å². The van der Waals surface area contributed by atoms with Crippen molar-refractivity contribution in [1.29, 1.82) is 0 Å². The summed E-state index contributed by atoms with van der Waals surface area (Å²) in [6.45, 7) is 0.158. The number of benzene rings is 2. The summed E-state index contributed by atoms with van der Waals surface area (Å²) in [4.78, 5) is 11.8. The number of nitrogens with two attached hydrogens (primary N) is 1. The average molecular weight is 371 g/mol. The number of halogens is 2. The number of ether oxygens (including phenoxy) is 2. The topological polar surface area (TPSA) is 61.5 Å². The highest BCUT2D eigenvalue weighted by molar-refractivity contribution is 9.10. The number of hydrogen-bond donors (Lipinski definition) is 1. The van der Waals surface area contributed by atoms with E-state index in [0.29, 0.717) is 27.6 Å². The lowest BCUT2D eigenvalue weighted by atomic mass is 10.1. The number of hydrogen-bond acceptors (Lipinski definition) is 4. The fourth-order valence-corrected chi connectivity index (χ4v) is 2.35. The second kappa shape index (κ2) is 6.83. The molecule has 2 aromatic carbocycles. The van der Waals surface area contributed by atoms with E-state index >= 15 is 0 Å². The lowest BCUT2D eigenvalue weighted by Gasteiger charge is -2.12. The maximum Gasteiger partial charge on any atom is 0.340 e. The third-order valence-corrected chi connectivity index (χ3v) is 3.65. The Labute approximate surface area is 135 Å². The minimum absolute atomic E-state index is 0.158. The second-order valence-electron chi connectivity index (χ2n) is 4.24. The van der Waals surface area contributed by atoms with Crippen molar-refractivity contribution in [2.24, 2.45) is 0 Å². The van der Waals surface area contributed by atoms with Gasteiger partial charge < -0.3 is 15.2 Å². The Morgan fingerprint density at radius 2 is 2.10 bits per heavy atom. The molecule has 4 nitrogen and oxygen atoms in total. The lowest BCUT2D eigenvalue weighted by Crippen LogP contribution is -2.11. The molecule has 2 N–H and O–H groups in total. The summed E-state index contributed by atoms with van der Waals surface area (Å²) in [5.41, 5.74) is 7.13. The van der Waals surface area contributed by atoms with Gasteiger partial charge in [-0.3, -0.25) is 0 Å². The van der Waals surface area contributed by atoms with E-state index < -0.39 is 5.97 Å². The molecule has 2 aromatic rings. The van der Waals surface area contributed by atoms with Crippen molar-refractivity contribution < 1.29 is 14.3 Å². The molecule has 0 radical (unpaired) electrons. The highest BCUT2D eigenvalue weighted by Crippen LogP contribution is 2.29. The molecular formula is C15H13BrClNO3. The Morgan fingerprint density at radius 1 is 1.33 bits per heavy atom. The van der Waals surface area contributed by atoms with Gasteiger partial charge in [-0.15, -0.1) is 0 Å². The number of carbonyl (C=O) groups is 1. The molecule has 0 bridgehead atoms. The van der Waals surface area contributed by atoms with Crippen molar-refractivity contribution in [3.05, 3.63) is 57.0 Å². The first kappa shape index (κ1) is 15.7. The zero-order chi connectivity index (χ0) is 15.4. The van der Waals surface area contributed by atoms with Crippen LogP contribution in [0.3, 0.4) is 0 Å². The van der Waals surface area contributed by atoms with Gasteiger partial charge in [-0.2, -0.15) is 0 Å². The summed E-state index contributed by atoms with van der Waals surface area (Å²) >= 11 is 9.41. The summed E-state index contributed by atoms with van der Waals surface area (Å²) in [7, 11) is 1.31. The lowest BCUT2D eigenvalue weighted by molar-refractivity contribution is 0.0599. The molecule has 0 aliphatic carbocycles. The number of methoxy groups -OCH3 is 1. The molecule has 0 saturated heterocycles. The van der Waals surface area contributed by atoms with Gasteiger partial charge in [0.1, 0.15) is 12.4 Å². The molecule has 0 unspecified atom stereocenters. The number of rotatable bonds is 4. The quantitative estimate of drug-likeness (QED) is 0.651. The van der Waals surface area contributed by atoms with Gasteiger partial charge >= 0.3 is 5.97 Å². The number of anilines is 1. The van der Waals surface area contributed by atoms with Crippen molar-refractivity contribution in [1.82, 2.24) is 0 Å². The molecule has 0 atom stereocenters. The van der Waals surface area contributed by atoms with E-state index in [2.05, 4.69) is 15.9 Å². The standard InChI is InChI=1S/C15H13BrClNO3/c1-20-15(19)14-9(3-2-4-12(14)18)8-21-13-7-10(16)5-6-11(13)17/h2-7H,8,18H2,1H3. The molecule has 0 aromatic heterocycles. The Balaban J connectivity index is 2.26. The molecule has 21 heavy (non-hydrogen) atoms. The van der Waals surface area contributed by atoms with E-state index in [9.17, 15) is 4.79 Å². The van der Waals surface area contributed by atoms with Gasteiger partial charge in [-0.1, -0.05) is 39.7 Å². The maximum atomic E-state index is 11.8. The summed E-state index contributed by atoms with van der Waals surface area (Å²) < 4.78 is 11.3. The van der Waals surface area contributed by atoms with Crippen molar-refractivity contribution in [2.75, 3.05) is 12.8 Å². The Hall–Kier alpha value is -1.72. The minimum Gasteiger partial charge on any atom is -0.487 e. The minimum atomic E-state index is -0.493. The average Bonchev–Trinajstić information content (AvgIpc) is 2.47. The van der Waals surface area contributed by atoms with E-state index in [4.69, 9.17) is 26.8 Å². The monoisotopic (exact) mass is 369 g/mol. The number of nitrogen functional groups attached to an aromatic ring is 1. The fourth-order valence-electron chi connectivity index (χ4n) is 1.83. The predicted octanol–water partition coefficient (Wildman–Crippen LogP) is 4.05. The third-order valence-electron chi connectivity index (χ3n) is 2.85. The van der Waals surface area contributed by atoms with E-state index in [0.717, 1.165) is 4.47 Å². The highest BCUT2D eigenvalue weighted by atomic mass is 79.9. The third kappa shape index (κ3) is 3.68. The summed E-state index contributed by atoms with van der Waals surface area (Å²) in [5, 5.41) is 0.488. The van der Waals surface area contributed by atoms with Crippen molar-refractivity contribution in [2.45, 2.75) is 6.61 Å². The van der Waals surface area contributed by atoms with Crippen molar-refractivity contribution >= 4 is 39.2 Å². The molecular weight excluding hydrogens is 358 g/mol. The van der Waals surface area contributed by atoms with Crippen LogP contribution in [0.2, 0.25) is 5.02 Å². The summed E-state index contributed by atoms with van der Waals surface area (Å²) in [6, 6.07) is 10.4. The van der Waals surface area contributed by atoms with Gasteiger partial charge in [0.25, 0.3) is 0 Å².